The van der Waals surface area contributed by atoms with Crippen LogP contribution in [0.4, 0.5) is 0 Å². The van der Waals surface area contributed by atoms with Gasteiger partial charge in [-0.3, -0.25) is 0 Å². The highest BCUT2D eigenvalue weighted by atomic mass is 79.9. The quantitative estimate of drug-likeness (QED) is 0.290. The molecule has 0 heterocycles. The Bertz CT molecular complexity index is 709. The normalized spacial score (nSPS) is 11.4. The lowest BCUT2D eigenvalue weighted by atomic mass is 10.3. The third-order valence-corrected chi connectivity index (χ3v) is 7.26. The van der Waals surface area contributed by atoms with Gasteiger partial charge in [0, 0.05) is 20.8 Å². The molecule has 2 aromatic rings. The lowest BCUT2D eigenvalue weighted by molar-refractivity contribution is 0.498. The van der Waals surface area contributed by atoms with Crippen LogP contribution in [0.5, 0.6) is 11.5 Å². The molecule has 23 heavy (non-hydrogen) atoms. The third-order valence-electron chi connectivity index (χ3n) is 2.33. The van der Waals surface area contributed by atoms with Crippen LogP contribution >= 0.6 is 113 Å². The van der Waals surface area contributed by atoms with Crippen molar-refractivity contribution in [1.29, 1.82) is 0 Å². The van der Waals surface area contributed by atoms with Crippen LogP contribution in [0.2, 0.25) is 0 Å². The lowest BCUT2D eigenvalue weighted by Crippen LogP contribution is -1.98. The molecule has 124 valence electrons. The van der Waals surface area contributed by atoms with Crippen LogP contribution in [0.15, 0.2) is 51.1 Å². The molecule has 0 atom stereocenters. The van der Waals surface area contributed by atoms with Crippen molar-refractivity contribution in [3.05, 3.63) is 51.1 Å². The fraction of sp³-hybridized carbons (Fsp3) is 0. The van der Waals surface area contributed by atoms with Crippen LogP contribution in [-0.2, 0) is 11.8 Å². The average Bonchev–Trinajstić information content (AvgIpc) is 2.38. The maximum absolute atomic E-state index is 6.35. The molecule has 2 nitrogen and oxygen atoms in total. The molecule has 0 N–H and O–H groups in total. The zero-order valence-electron chi connectivity index (χ0n) is 10.6. The summed E-state index contributed by atoms with van der Waals surface area (Å²) in [5.41, 5.74) is 0. The smallest absolute Gasteiger partial charge is 0.384 e. The van der Waals surface area contributed by atoms with E-state index < -0.39 is 5.84 Å². The van der Waals surface area contributed by atoms with Gasteiger partial charge < -0.3 is 9.05 Å². The molecular weight excluding hydrogens is 754 g/mol. The highest BCUT2D eigenvalue weighted by Gasteiger charge is 2.25. The van der Waals surface area contributed by atoms with Gasteiger partial charge in [-0.25, -0.2) is 0 Å². The van der Waals surface area contributed by atoms with Crippen molar-refractivity contribution in [2.45, 2.75) is 0 Å². The molecule has 0 spiro atoms. The zero-order chi connectivity index (χ0) is 17.4. The molecule has 0 aliphatic rings. The van der Waals surface area contributed by atoms with Crippen molar-refractivity contribution in [3.8, 4) is 11.5 Å². The van der Waals surface area contributed by atoms with E-state index >= 15 is 0 Å². The highest BCUT2D eigenvalue weighted by Crippen LogP contribution is 2.58. The average molecular weight is 758 g/mol. The van der Waals surface area contributed by atoms with Gasteiger partial charge in [-0.15, -0.1) is 0 Å². The summed E-state index contributed by atoms with van der Waals surface area (Å²) < 4.78 is 16.1. The Kier molecular flexibility index (Phi) is 8.00. The van der Waals surface area contributed by atoms with E-state index in [9.17, 15) is 0 Å². The molecule has 0 saturated carbocycles. The molecule has 0 fully saturated rings. The van der Waals surface area contributed by atoms with Crippen LogP contribution in [0.3, 0.4) is 0 Å². The van der Waals surface area contributed by atoms with Gasteiger partial charge in [-0.1, -0.05) is 31.9 Å². The van der Waals surface area contributed by atoms with E-state index in [1.54, 1.807) is 0 Å². The van der Waals surface area contributed by atoms with Gasteiger partial charge in [0.15, 0.2) is 11.5 Å². The van der Waals surface area contributed by atoms with Gasteiger partial charge in [-0.2, -0.15) is 0 Å². The van der Waals surface area contributed by atoms with Crippen LogP contribution < -0.4 is 9.05 Å². The fourth-order valence-electron chi connectivity index (χ4n) is 1.47. The lowest BCUT2D eigenvalue weighted by Gasteiger charge is -2.20. The van der Waals surface area contributed by atoms with Gasteiger partial charge in [-0.05, 0) is 99.2 Å². The number of hydrogen-bond donors (Lipinski definition) is 0. The summed E-state index contributed by atoms with van der Waals surface area (Å²) >= 11 is 32.2. The van der Waals surface area contributed by atoms with E-state index in [1.165, 1.54) is 0 Å². The minimum absolute atomic E-state index is 0.482. The molecule has 0 radical (unpaired) electrons. The summed E-state index contributed by atoms with van der Waals surface area (Å²) in [6, 6.07) is 7.32. The van der Waals surface area contributed by atoms with E-state index in [0.29, 0.717) is 29.4 Å². The largest absolute Gasteiger partial charge is 0.422 e. The number of halogens is 7. The first-order valence-electron chi connectivity index (χ1n) is 5.57. The Balaban J connectivity index is 2.33. The monoisotopic (exact) mass is 751 g/mol. The maximum atomic E-state index is 6.35. The predicted molar refractivity (Wildman–Crippen MR) is 120 cm³/mol. The Morgan fingerprint density at radius 3 is 1.22 bits per heavy atom. The summed E-state index contributed by atoms with van der Waals surface area (Å²) in [6.45, 7) is 0. The van der Waals surface area contributed by atoms with E-state index in [2.05, 4.69) is 95.6 Å². The Labute approximate surface area is 193 Å². The van der Waals surface area contributed by atoms with Gasteiger partial charge in [0.1, 0.15) is 0 Å². The van der Waals surface area contributed by atoms with E-state index in [1.807, 2.05) is 24.3 Å². The first-order valence-corrected chi connectivity index (χ1v) is 13.9. The molecule has 0 saturated heterocycles. The number of hydrogen-bond acceptors (Lipinski definition) is 3. The second kappa shape index (κ2) is 8.70. The molecule has 11 heteroatoms. The molecule has 0 aliphatic heterocycles. The summed E-state index contributed by atoms with van der Waals surface area (Å²) in [7, 11) is 0. The molecule has 0 aromatic heterocycles. The van der Waals surface area contributed by atoms with E-state index in [0.717, 1.165) is 8.95 Å². The standard InChI is InChI=1S/C12H4Br6ClO2PS/c13-5-1-7(15)11(8(16)2-5)20-22(19,23)21-12-9(17)3-6(14)4-10(12)18/h1-4H. The molecular formula is C12H4Br6ClO2PS. The van der Waals surface area contributed by atoms with Gasteiger partial charge in [0.2, 0.25) is 0 Å². The first-order chi connectivity index (χ1) is 10.6. The van der Waals surface area contributed by atoms with E-state index in [-0.39, 0.29) is 0 Å². The number of benzene rings is 2. The van der Waals surface area contributed by atoms with Gasteiger partial charge >= 0.3 is 5.84 Å². The molecule has 2 rings (SSSR count). The first kappa shape index (κ1) is 21.2. The van der Waals surface area contributed by atoms with Crippen molar-refractivity contribution in [2.75, 3.05) is 0 Å². The van der Waals surface area contributed by atoms with Crippen molar-refractivity contribution >= 4 is 124 Å². The summed E-state index contributed by atoms with van der Waals surface area (Å²) in [5, 5.41) is 0. The fourth-order valence-corrected chi connectivity index (χ4v) is 8.54. The highest BCUT2D eigenvalue weighted by molar-refractivity contribution is 9.12. The molecule has 0 bridgehead atoms. The Morgan fingerprint density at radius 2 is 0.957 bits per heavy atom. The van der Waals surface area contributed by atoms with Gasteiger partial charge in [0.25, 0.3) is 0 Å². The van der Waals surface area contributed by atoms with E-state index in [4.69, 9.17) is 32.1 Å². The third kappa shape index (κ3) is 5.93. The molecule has 0 aliphatic carbocycles. The SMILES string of the molecule is S=P(Cl)(Oc1c(Br)cc(Br)cc1Br)Oc1c(Br)cc(Br)cc1Br. The minimum atomic E-state index is -3.12. The molecule has 0 amide bonds. The summed E-state index contributed by atoms with van der Waals surface area (Å²) in [5.74, 6) is -2.15. The summed E-state index contributed by atoms with van der Waals surface area (Å²) in [4.78, 5) is 0. The van der Waals surface area contributed by atoms with Crippen LogP contribution in [-0.4, -0.2) is 0 Å². The second-order valence-electron chi connectivity index (χ2n) is 4.01. The van der Waals surface area contributed by atoms with Crippen LogP contribution in [0.1, 0.15) is 0 Å². The predicted octanol–water partition coefficient (Wildman–Crippen LogP) is 9.18. The Hall–Kier alpha value is 1.86. The van der Waals surface area contributed by atoms with Crippen LogP contribution in [0.25, 0.3) is 0 Å². The topological polar surface area (TPSA) is 18.5 Å². The molecule has 2 aromatic carbocycles. The van der Waals surface area contributed by atoms with Crippen molar-refractivity contribution < 1.29 is 9.05 Å². The molecule has 0 unspecified atom stereocenters. The second-order valence-corrected chi connectivity index (χ2v) is 13.9. The minimum Gasteiger partial charge on any atom is -0.422 e. The zero-order valence-corrected chi connectivity index (χ0v) is 22.6. The summed E-state index contributed by atoms with van der Waals surface area (Å²) in [6.07, 6.45) is 0. The maximum Gasteiger partial charge on any atom is 0.384 e. The van der Waals surface area contributed by atoms with Crippen molar-refractivity contribution in [3.63, 3.8) is 0 Å². The van der Waals surface area contributed by atoms with Crippen molar-refractivity contribution in [1.82, 2.24) is 0 Å². The number of rotatable bonds is 4. The Morgan fingerprint density at radius 1 is 0.696 bits per heavy atom. The van der Waals surface area contributed by atoms with Crippen molar-refractivity contribution in [2.24, 2.45) is 0 Å². The van der Waals surface area contributed by atoms with Crippen LogP contribution in [0, 0.1) is 0 Å². The van der Waals surface area contributed by atoms with Gasteiger partial charge in [0.05, 0.1) is 17.9 Å².